The molecule has 0 bridgehead atoms. The summed E-state index contributed by atoms with van der Waals surface area (Å²) in [5.41, 5.74) is 4.66. The number of anilines is 1. The van der Waals surface area contributed by atoms with E-state index >= 15 is 0 Å². The van der Waals surface area contributed by atoms with Gasteiger partial charge >= 0.3 is 6.18 Å². The van der Waals surface area contributed by atoms with E-state index in [0.29, 0.717) is 10.6 Å². The molecular weight excluding hydrogens is 343 g/mol. The second-order valence-corrected chi connectivity index (χ2v) is 6.06. The van der Waals surface area contributed by atoms with Crippen molar-refractivity contribution in [2.24, 2.45) is 0 Å². The van der Waals surface area contributed by atoms with Crippen LogP contribution in [0.1, 0.15) is 10.6 Å². The van der Waals surface area contributed by atoms with Crippen molar-refractivity contribution in [2.45, 2.75) is 13.1 Å². The van der Waals surface area contributed by atoms with E-state index in [0.717, 1.165) is 20.9 Å². The van der Waals surface area contributed by atoms with E-state index in [1.165, 1.54) is 25.6 Å². The average molecular weight is 355 g/mol. The third-order valence-electron chi connectivity index (χ3n) is 3.27. The van der Waals surface area contributed by atoms with Gasteiger partial charge in [-0.3, -0.25) is 0 Å². The van der Waals surface area contributed by atoms with Crippen LogP contribution in [0.15, 0.2) is 24.5 Å². The lowest BCUT2D eigenvalue weighted by Crippen LogP contribution is -2.09. The molecule has 3 heterocycles. The molecule has 0 atom stereocenters. The zero-order valence-electron chi connectivity index (χ0n) is 12.6. The molecule has 0 saturated heterocycles. The molecule has 126 valence electrons. The second-order valence-electron chi connectivity index (χ2n) is 4.80. The van der Waals surface area contributed by atoms with Crippen LogP contribution in [-0.2, 0) is 6.18 Å². The first-order valence-electron chi connectivity index (χ1n) is 6.70. The van der Waals surface area contributed by atoms with E-state index in [2.05, 4.69) is 15.1 Å². The summed E-state index contributed by atoms with van der Waals surface area (Å²) < 4.78 is 46.3. The van der Waals surface area contributed by atoms with Crippen LogP contribution in [0.25, 0.3) is 16.4 Å². The van der Waals surface area contributed by atoms with E-state index in [1.807, 2.05) is 0 Å². The molecule has 0 aromatic carbocycles. The number of hydrogen-bond acceptors (Lipinski definition) is 6. The van der Waals surface area contributed by atoms with E-state index in [4.69, 9.17) is 10.5 Å². The van der Waals surface area contributed by atoms with Crippen LogP contribution in [0.5, 0.6) is 5.75 Å². The van der Waals surface area contributed by atoms with Crippen molar-refractivity contribution in [1.82, 2.24) is 19.7 Å². The summed E-state index contributed by atoms with van der Waals surface area (Å²) in [7, 11) is 1.45. The number of hydrogen-bond donors (Lipinski definition) is 1. The Morgan fingerprint density at radius 2 is 1.92 bits per heavy atom. The van der Waals surface area contributed by atoms with E-state index < -0.39 is 11.9 Å². The third-order valence-corrected chi connectivity index (χ3v) is 4.32. The largest absolute Gasteiger partial charge is 0.496 e. The molecule has 0 amide bonds. The minimum atomic E-state index is -4.67. The number of ether oxygens (including phenoxy) is 1. The first-order valence-corrected chi connectivity index (χ1v) is 7.52. The molecule has 2 N–H and O–H groups in total. The fourth-order valence-electron chi connectivity index (χ4n) is 2.22. The predicted molar refractivity (Wildman–Crippen MR) is 83.2 cm³/mol. The van der Waals surface area contributed by atoms with Gasteiger partial charge in [0, 0.05) is 22.1 Å². The minimum absolute atomic E-state index is 0.0352. The zero-order valence-corrected chi connectivity index (χ0v) is 13.4. The van der Waals surface area contributed by atoms with Gasteiger partial charge in [-0.1, -0.05) is 0 Å². The molecular formula is C14H12F3N5OS. The summed E-state index contributed by atoms with van der Waals surface area (Å²) in [6.07, 6.45) is -1.88. The van der Waals surface area contributed by atoms with Crippen LogP contribution in [0, 0.1) is 6.92 Å². The van der Waals surface area contributed by atoms with E-state index in [-0.39, 0.29) is 17.3 Å². The molecule has 0 fully saturated rings. The first kappa shape index (κ1) is 16.2. The SMILES string of the molecule is COc1cc(-c2c(C(F)(F)F)nn(-c3ncccn3)c2N)sc1C. The predicted octanol–water partition coefficient (Wildman–Crippen LogP) is 3.31. The van der Waals surface area contributed by atoms with Crippen molar-refractivity contribution in [2.75, 3.05) is 12.8 Å². The van der Waals surface area contributed by atoms with Crippen molar-refractivity contribution < 1.29 is 17.9 Å². The average Bonchev–Trinajstić information content (AvgIpc) is 3.07. The lowest BCUT2D eigenvalue weighted by Gasteiger charge is -2.04. The number of thiophene rings is 1. The molecule has 0 aliphatic heterocycles. The fraction of sp³-hybridized carbons (Fsp3) is 0.214. The van der Waals surface area contributed by atoms with Crippen LogP contribution in [0.3, 0.4) is 0 Å². The topological polar surface area (TPSA) is 78.8 Å². The highest BCUT2D eigenvalue weighted by atomic mass is 32.1. The molecule has 3 aromatic heterocycles. The molecule has 6 nitrogen and oxygen atoms in total. The van der Waals surface area contributed by atoms with Gasteiger partial charge in [0.1, 0.15) is 11.6 Å². The summed E-state index contributed by atoms with van der Waals surface area (Å²) in [6.45, 7) is 1.75. The van der Waals surface area contributed by atoms with Gasteiger partial charge in [0.05, 0.1) is 12.7 Å². The first-order chi connectivity index (χ1) is 11.3. The lowest BCUT2D eigenvalue weighted by molar-refractivity contribution is -0.140. The van der Waals surface area contributed by atoms with Crippen molar-refractivity contribution in [3.63, 3.8) is 0 Å². The molecule has 0 saturated carbocycles. The highest BCUT2D eigenvalue weighted by molar-refractivity contribution is 7.15. The van der Waals surface area contributed by atoms with Gasteiger partial charge in [-0.25, -0.2) is 9.97 Å². The van der Waals surface area contributed by atoms with Gasteiger partial charge in [0.2, 0.25) is 0 Å². The highest BCUT2D eigenvalue weighted by Crippen LogP contribution is 2.45. The standard InChI is InChI=1S/C14H12F3N5OS/c1-7-8(23-2)6-9(24-7)10-11(14(15,16)17)21-22(12(10)18)13-19-4-3-5-20-13/h3-6H,18H2,1-2H3. The van der Waals surface area contributed by atoms with Crippen LogP contribution < -0.4 is 10.5 Å². The minimum Gasteiger partial charge on any atom is -0.496 e. The fourth-order valence-corrected chi connectivity index (χ4v) is 3.26. The van der Waals surface area contributed by atoms with E-state index in [1.54, 1.807) is 13.0 Å². The number of nitrogen functional groups attached to an aromatic ring is 1. The highest BCUT2D eigenvalue weighted by Gasteiger charge is 2.40. The molecule has 24 heavy (non-hydrogen) atoms. The number of aryl methyl sites for hydroxylation is 1. The van der Waals surface area contributed by atoms with Crippen LogP contribution in [0.4, 0.5) is 19.0 Å². The number of aromatic nitrogens is 4. The number of rotatable bonds is 3. The number of nitrogens with two attached hydrogens (primary N) is 1. The van der Waals surface area contributed by atoms with Gasteiger partial charge < -0.3 is 10.5 Å². The summed E-state index contributed by atoms with van der Waals surface area (Å²) >= 11 is 1.15. The maximum absolute atomic E-state index is 13.4. The second kappa shape index (κ2) is 5.78. The Kier molecular flexibility index (Phi) is 3.91. The Balaban J connectivity index is 2.26. The molecule has 10 heteroatoms. The van der Waals surface area contributed by atoms with Crippen molar-refractivity contribution in [1.29, 1.82) is 0 Å². The van der Waals surface area contributed by atoms with Gasteiger partial charge in [-0.2, -0.15) is 23.0 Å². The maximum Gasteiger partial charge on any atom is 0.435 e. The van der Waals surface area contributed by atoms with E-state index in [9.17, 15) is 13.2 Å². The number of alkyl halides is 3. The maximum atomic E-state index is 13.4. The Labute approximate surface area is 138 Å². The molecule has 0 radical (unpaired) electrons. The van der Waals surface area contributed by atoms with Gasteiger partial charge in [-0.05, 0) is 19.1 Å². The normalized spacial score (nSPS) is 11.7. The van der Waals surface area contributed by atoms with Crippen molar-refractivity contribution in [3.05, 3.63) is 35.1 Å². The quantitative estimate of drug-likeness (QED) is 0.780. The summed E-state index contributed by atoms with van der Waals surface area (Å²) in [4.78, 5) is 8.85. The van der Waals surface area contributed by atoms with Crippen molar-refractivity contribution in [3.8, 4) is 22.1 Å². The monoisotopic (exact) mass is 355 g/mol. The molecule has 0 spiro atoms. The molecule has 0 unspecified atom stereocenters. The molecule has 3 aromatic rings. The molecule has 3 rings (SSSR count). The summed E-state index contributed by atoms with van der Waals surface area (Å²) in [5, 5.41) is 3.60. The smallest absolute Gasteiger partial charge is 0.435 e. The van der Waals surface area contributed by atoms with Crippen LogP contribution in [0.2, 0.25) is 0 Å². The Morgan fingerprint density at radius 3 is 2.46 bits per heavy atom. The summed E-state index contributed by atoms with van der Waals surface area (Å²) in [6, 6.07) is 3.06. The Hall–Kier alpha value is -2.62. The zero-order chi connectivity index (χ0) is 17.5. The van der Waals surface area contributed by atoms with Crippen LogP contribution in [-0.4, -0.2) is 26.9 Å². The number of nitrogens with zero attached hydrogens (tertiary/aromatic N) is 4. The van der Waals surface area contributed by atoms with Crippen LogP contribution >= 0.6 is 11.3 Å². The van der Waals surface area contributed by atoms with Gasteiger partial charge in [-0.15, -0.1) is 11.3 Å². The molecule has 0 aliphatic rings. The Morgan fingerprint density at radius 1 is 1.25 bits per heavy atom. The Bertz CT molecular complexity index is 873. The summed E-state index contributed by atoms with van der Waals surface area (Å²) in [5.74, 6) is 0.274. The lowest BCUT2D eigenvalue weighted by atomic mass is 10.2. The van der Waals surface area contributed by atoms with Gasteiger partial charge in [0.15, 0.2) is 5.69 Å². The molecule has 0 aliphatic carbocycles. The van der Waals surface area contributed by atoms with Gasteiger partial charge in [0.25, 0.3) is 5.95 Å². The van der Waals surface area contributed by atoms with Crippen molar-refractivity contribution >= 4 is 17.2 Å². The third kappa shape index (κ3) is 2.68. The number of halogens is 3. The number of methoxy groups -OCH3 is 1.